The molecule has 0 fully saturated rings. The van der Waals surface area contributed by atoms with E-state index in [1.54, 1.807) is 0 Å². The molecule has 6 heteroatoms. The molecule has 0 spiro atoms. The van der Waals surface area contributed by atoms with Crippen LogP contribution in [0.1, 0.15) is 37.3 Å². The second-order valence-corrected chi connectivity index (χ2v) is 5.64. The molecule has 2 N–H and O–H groups in total. The molecule has 19 heavy (non-hydrogen) atoms. The third kappa shape index (κ3) is 3.39. The zero-order chi connectivity index (χ0) is 14.0. The van der Waals surface area contributed by atoms with Gasteiger partial charge in [-0.05, 0) is 37.6 Å². The van der Waals surface area contributed by atoms with Crippen LogP contribution < -0.4 is 5.73 Å². The molecule has 1 unspecified atom stereocenters. The van der Waals surface area contributed by atoms with Crippen molar-refractivity contribution in [2.24, 2.45) is 5.73 Å². The summed E-state index contributed by atoms with van der Waals surface area (Å²) in [5, 5.41) is 4.16. The predicted molar refractivity (Wildman–Crippen MR) is 75.1 cm³/mol. The van der Waals surface area contributed by atoms with Crippen molar-refractivity contribution in [2.45, 2.75) is 32.4 Å². The maximum atomic E-state index is 13.4. The number of halogens is 2. The fraction of sp³-hybridized carbons (Fsp3) is 0.385. The number of hydrogen-bond donors (Lipinski definition) is 1. The van der Waals surface area contributed by atoms with E-state index in [1.807, 2.05) is 24.6 Å². The Morgan fingerprint density at radius 3 is 2.74 bits per heavy atom. The van der Waals surface area contributed by atoms with Crippen molar-refractivity contribution in [3.05, 3.63) is 46.2 Å². The van der Waals surface area contributed by atoms with E-state index in [0.29, 0.717) is 10.9 Å². The van der Waals surface area contributed by atoms with Gasteiger partial charge in [-0.15, -0.1) is 0 Å². The Hall–Kier alpha value is -1.27. The van der Waals surface area contributed by atoms with Crippen LogP contribution in [0.25, 0.3) is 0 Å². The van der Waals surface area contributed by atoms with Gasteiger partial charge in [0.1, 0.15) is 18.0 Å². The summed E-state index contributed by atoms with van der Waals surface area (Å²) in [5.41, 5.74) is 6.87. The van der Waals surface area contributed by atoms with Crippen molar-refractivity contribution >= 4 is 15.9 Å². The molecule has 1 aromatic carbocycles. The molecule has 0 radical (unpaired) electrons. The Labute approximate surface area is 120 Å². The van der Waals surface area contributed by atoms with Gasteiger partial charge < -0.3 is 5.73 Å². The first kappa shape index (κ1) is 14.1. The molecular formula is C13H16BrFN4. The number of aromatic nitrogens is 3. The minimum Gasteiger partial charge on any atom is -0.324 e. The zero-order valence-corrected chi connectivity index (χ0v) is 12.4. The smallest absolute Gasteiger partial charge is 0.138 e. The number of hydrogen-bond acceptors (Lipinski definition) is 3. The second kappa shape index (κ2) is 5.79. The third-order valence-electron chi connectivity index (χ3n) is 2.85. The summed E-state index contributed by atoms with van der Waals surface area (Å²) in [7, 11) is 0. The Balaban J connectivity index is 2.20. The second-order valence-electron chi connectivity index (χ2n) is 4.73. The normalized spacial score (nSPS) is 12.9. The van der Waals surface area contributed by atoms with Crippen LogP contribution in [0.5, 0.6) is 0 Å². The van der Waals surface area contributed by atoms with E-state index in [1.165, 1.54) is 18.5 Å². The SMILES string of the molecule is CC(C)n1ncnc1CC(N)c1cc(F)cc(Br)c1. The van der Waals surface area contributed by atoms with Gasteiger partial charge in [0.25, 0.3) is 0 Å². The lowest BCUT2D eigenvalue weighted by Crippen LogP contribution is -2.18. The first-order valence-electron chi connectivity index (χ1n) is 6.07. The standard InChI is InChI=1S/C13H16BrFN4/c1-8(2)19-13(17-7-18-19)6-12(16)9-3-10(14)5-11(15)4-9/h3-5,7-8,12H,6,16H2,1-2H3. The number of benzene rings is 1. The van der Waals surface area contributed by atoms with Crippen LogP contribution in [0.4, 0.5) is 4.39 Å². The minimum absolute atomic E-state index is 0.226. The summed E-state index contributed by atoms with van der Waals surface area (Å²) in [6.45, 7) is 4.06. The molecule has 1 atom stereocenters. The van der Waals surface area contributed by atoms with Crippen molar-refractivity contribution in [3.8, 4) is 0 Å². The lowest BCUT2D eigenvalue weighted by Gasteiger charge is -2.14. The first-order chi connectivity index (χ1) is 8.97. The first-order valence-corrected chi connectivity index (χ1v) is 6.86. The van der Waals surface area contributed by atoms with E-state index in [4.69, 9.17) is 5.73 Å². The molecule has 0 aliphatic heterocycles. The van der Waals surface area contributed by atoms with E-state index >= 15 is 0 Å². The number of nitrogens with two attached hydrogens (primary N) is 1. The molecule has 2 aromatic rings. The van der Waals surface area contributed by atoms with Crippen molar-refractivity contribution in [1.82, 2.24) is 14.8 Å². The fourth-order valence-corrected chi connectivity index (χ4v) is 2.44. The van der Waals surface area contributed by atoms with Crippen LogP contribution in [0.3, 0.4) is 0 Å². The fourth-order valence-electron chi connectivity index (χ4n) is 1.96. The highest BCUT2D eigenvalue weighted by Crippen LogP contribution is 2.21. The predicted octanol–water partition coefficient (Wildman–Crippen LogP) is 3.00. The summed E-state index contributed by atoms with van der Waals surface area (Å²) < 4.78 is 15.9. The lowest BCUT2D eigenvalue weighted by molar-refractivity contribution is 0.492. The van der Waals surface area contributed by atoms with Gasteiger partial charge in [-0.3, -0.25) is 0 Å². The summed E-state index contributed by atoms with van der Waals surface area (Å²) in [6, 6.07) is 4.60. The molecule has 0 amide bonds. The highest BCUT2D eigenvalue weighted by atomic mass is 79.9. The summed E-state index contributed by atoms with van der Waals surface area (Å²) >= 11 is 3.27. The molecule has 0 bridgehead atoms. The van der Waals surface area contributed by atoms with E-state index < -0.39 is 0 Å². The Bertz CT molecular complexity index is 547. The average molecular weight is 327 g/mol. The van der Waals surface area contributed by atoms with Crippen LogP contribution in [-0.2, 0) is 6.42 Å². The van der Waals surface area contributed by atoms with Gasteiger partial charge in [-0.25, -0.2) is 14.1 Å². The highest BCUT2D eigenvalue weighted by Gasteiger charge is 2.14. The van der Waals surface area contributed by atoms with Crippen LogP contribution in [0.2, 0.25) is 0 Å². The zero-order valence-electron chi connectivity index (χ0n) is 10.8. The van der Waals surface area contributed by atoms with Gasteiger partial charge in [0.15, 0.2) is 0 Å². The topological polar surface area (TPSA) is 56.7 Å². The molecule has 0 saturated heterocycles. The quantitative estimate of drug-likeness (QED) is 0.939. The van der Waals surface area contributed by atoms with Gasteiger partial charge >= 0.3 is 0 Å². The van der Waals surface area contributed by atoms with Gasteiger partial charge in [0.05, 0.1) is 0 Å². The van der Waals surface area contributed by atoms with E-state index in [9.17, 15) is 4.39 Å². The minimum atomic E-state index is -0.311. The maximum absolute atomic E-state index is 13.4. The van der Waals surface area contributed by atoms with E-state index in [0.717, 1.165) is 11.4 Å². The summed E-state index contributed by atoms with van der Waals surface area (Å²) in [4.78, 5) is 4.21. The Kier molecular flexibility index (Phi) is 4.31. The average Bonchev–Trinajstić information content (AvgIpc) is 2.75. The summed E-state index contributed by atoms with van der Waals surface area (Å²) in [5.74, 6) is 0.507. The molecule has 0 aliphatic carbocycles. The monoisotopic (exact) mass is 326 g/mol. The van der Waals surface area contributed by atoms with Gasteiger partial charge in [0.2, 0.25) is 0 Å². The molecule has 4 nitrogen and oxygen atoms in total. The van der Waals surface area contributed by atoms with Crippen LogP contribution in [0, 0.1) is 5.82 Å². The molecule has 1 heterocycles. The van der Waals surface area contributed by atoms with Crippen molar-refractivity contribution in [2.75, 3.05) is 0 Å². The Morgan fingerprint density at radius 1 is 1.37 bits per heavy atom. The molecular weight excluding hydrogens is 311 g/mol. The molecule has 0 aliphatic rings. The molecule has 1 aromatic heterocycles. The van der Waals surface area contributed by atoms with Crippen LogP contribution in [-0.4, -0.2) is 14.8 Å². The van der Waals surface area contributed by atoms with Crippen LogP contribution in [0.15, 0.2) is 29.0 Å². The van der Waals surface area contributed by atoms with Gasteiger partial charge in [0, 0.05) is 23.0 Å². The van der Waals surface area contributed by atoms with Crippen molar-refractivity contribution < 1.29 is 4.39 Å². The highest BCUT2D eigenvalue weighted by molar-refractivity contribution is 9.10. The molecule has 0 saturated carbocycles. The van der Waals surface area contributed by atoms with Gasteiger partial charge in [-0.2, -0.15) is 5.10 Å². The lowest BCUT2D eigenvalue weighted by atomic mass is 10.0. The van der Waals surface area contributed by atoms with Crippen molar-refractivity contribution in [3.63, 3.8) is 0 Å². The van der Waals surface area contributed by atoms with E-state index in [-0.39, 0.29) is 17.9 Å². The number of nitrogens with zero attached hydrogens (tertiary/aromatic N) is 3. The summed E-state index contributed by atoms with van der Waals surface area (Å²) in [6.07, 6.45) is 2.04. The van der Waals surface area contributed by atoms with Crippen LogP contribution >= 0.6 is 15.9 Å². The third-order valence-corrected chi connectivity index (χ3v) is 3.31. The molecule has 102 valence electrons. The number of rotatable bonds is 4. The largest absolute Gasteiger partial charge is 0.324 e. The maximum Gasteiger partial charge on any atom is 0.138 e. The van der Waals surface area contributed by atoms with Crippen molar-refractivity contribution in [1.29, 1.82) is 0 Å². The van der Waals surface area contributed by atoms with Gasteiger partial charge in [-0.1, -0.05) is 15.9 Å². The Morgan fingerprint density at radius 2 is 2.11 bits per heavy atom. The van der Waals surface area contributed by atoms with E-state index in [2.05, 4.69) is 26.0 Å². The molecule has 2 rings (SSSR count).